The molecule has 20 heavy (non-hydrogen) atoms. The van der Waals surface area contributed by atoms with E-state index in [1.54, 1.807) is 36.4 Å². The third-order valence-electron chi connectivity index (χ3n) is 2.88. The smallest absolute Gasteiger partial charge is 0.259 e. The van der Waals surface area contributed by atoms with Crippen molar-refractivity contribution >= 4 is 17.9 Å². The fourth-order valence-corrected chi connectivity index (χ4v) is 1.89. The molecule has 1 amide bonds. The summed E-state index contributed by atoms with van der Waals surface area (Å²) < 4.78 is 5.19. The van der Waals surface area contributed by atoms with E-state index in [0.29, 0.717) is 22.6 Å². The number of nitrogens with one attached hydrogen (secondary N) is 1. The summed E-state index contributed by atoms with van der Waals surface area (Å²) in [6.45, 7) is 1.91. The Bertz CT molecular complexity index is 650. The summed E-state index contributed by atoms with van der Waals surface area (Å²) in [5.41, 5.74) is 2.52. The van der Waals surface area contributed by atoms with Gasteiger partial charge < -0.3 is 10.1 Å². The molecule has 0 atom stereocenters. The normalized spacial score (nSPS) is 9.90. The number of methoxy groups -OCH3 is 1. The van der Waals surface area contributed by atoms with E-state index in [-0.39, 0.29) is 5.91 Å². The van der Waals surface area contributed by atoms with Crippen LogP contribution in [-0.2, 0) is 0 Å². The van der Waals surface area contributed by atoms with Gasteiger partial charge in [0.1, 0.15) is 12.0 Å². The lowest BCUT2D eigenvalue weighted by Crippen LogP contribution is -2.13. The van der Waals surface area contributed by atoms with Crippen molar-refractivity contribution in [2.75, 3.05) is 12.4 Å². The van der Waals surface area contributed by atoms with Crippen LogP contribution in [0.5, 0.6) is 5.75 Å². The van der Waals surface area contributed by atoms with E-state index in [4.69, 9.17) is 4.74 Å². The van der Waals surface area contributed by atoms with Gasteiger partial charge in [0, 0.05) is 11.3 Å². The number of anilines is 1. The van der Waals surface area contributed by atoms with E-state index in [0.717, 1.165) is 11.8 Å². The number of hydrogen-bond donors (Lipinski definition) is 1. The molecule has 0 aliphatic carbocycles. The van der Waals surface area contributed by atoms with Crippen LogP contribution in [0.25, 0.3) is 0 Å². The van der Waals surface area contributed by atoms with Crippen molar-refractivity contribution in [2.24, 2.45) is 0 Å². The van der Waals surface area contributed by atoms with Crippen molar-refractivity contribution in [3.05, 3.63) is 59.2 Å². The Kier molecular flexibility index (Phi) is 4.15. The predicted octanol–water partition coefficient (Wildman–Crippen LogP) is 3.07. The van der Waals surface area contributed by atoms with Gasteiger partial charge >= 0.3 is 0 Å². The third-order valence-corrected chi connectivity index (χ3v) is 2.88. The summed E-state index contributed by atoms with van der Waals surface area (Å²) in [5, 5.41) is 2.76. The van der Waals surface area contributed by atoms with Crippen LogP contribution in [0.2, 0.25) is 0 Å². The first-order valence-corrected chi connectivity index (χ1v) is 6.15. The predicted molar refractivity (Wildman–Crippen MR) is 77.5 cm³/mol. The minimum atomic E-state index is -0.270. The molecule has 2 aromatic carbocycles. The molecular weight excluding hydrogens is 254 g/mol. The first-order valence-electron chi connectivity index (χ1n) is 6.15. The second-order valence-electron chi connectivity index (χ2n) is 4.40. The fourth-order valence-electron chi connectivity index (χ4n) is 1.89. The second kappa shape index (κ2) is 6.02. The summed E-state index contributed by atoms with van der Waals surface area (Å²) in [6.07, 6.45) is 0.739. The quantitative estimate of drug-likeness (QED) is 0.868. The van der Waals surface area contributed by atoms with Crippen LogP contribution in [0.15, 0.2) is 42.5 Å². The number of aldehydes is 1. The van der Waals surface area contributed by atoms with Crippen LogP contribution in [0.4, 0.5) is 5.69 Å². The summed E-state index contributed by atoms with van der Waals surface area (Å²) in [7, 11) is 1.52. The van der Waals surface area contributed by atoms with Gasteiger partial charge in [-0.05, 0) is 31.2 Å². The molecule has 0 saturated heterocycles. The summed E-state index contributed by atoms with van der Waals surface area (Å²) in [4.78, 5) is 23.0. The van der Waals surface area contributed by atoms with E-state index in [9.17, 15) is 9.59 Å². The average Bonchev–Trinajstić information content (AvgIpc) is 2.47. The third kappa shape index (κ3) is 3.03. The average molecular weight is 269 g/mol. The molecule has 0 heterocycles. The molecule has 0 bridgehead atoms. The monoisotopic (exact) mass is 269 g/mol. The van der Waals surface area contributed by atoms with Gasteiger partial charge in [-0.1, -0.05) is 23.8 Å². The van der Waals surface area contributed by atoms with Crippen LogP contribution >= 0.6 is 0 Å². The fraction of sp³-hybridized carbons (Fsp3) is 0.125. The van der Waals surface area contributed by atoms with Gasteiger partial charge in [0.25, 0.3) is 5.91 Å². The molecule has 0 aliphatic heterocycles. The van der Waals surface area contributed by atoms with Crippen molar-refractivity contribution in [1.29, 1.82) is 0 Å². The maximum atomic E-state index is 12.3. The number of aryl methyl sites for hydroxylation is 1. The molecule has 4 nitrogen and oxygen atoms in total. The summed E-state index contributed by atoms with van der Waals surface area (Å²) >= 11 is 0. The van der Waals surface area contributed by atoms with Crippen LogP contribution in [0.3, 0.4) is 0 Å². The SMILES string of the molecule is COc1ccc(C)cc1C(=O)Nc1cccc(C=O)c1. The van der Waals surface area contributed by atoms with Crippen molar-refractivity contribution in [2.45, 2.75) is 6.92 Å². The number of rotatable bonds is 4. The highest BCUT2D eigenvalue weighted by atomic mass is 16.5. The Hall–Kier alpha value is -2.62. The van der Waals surface area contributed by atoms with Crippen LogP contribution in [0, 0.1) is 6.92 Å². The molecule has 2 aromatic rings. The summed E-state index contributed by atoms with van der Waals surface area (Å²) in [6, 6.07) is 12.1. The van der Waals surface area contributed by atoms with Crippen LogP contribution < -0.4 is 10.1 Å². The number of hydrogen-bond acceptors (Lipinski definition) is 3. The number of benzene rings is 2. The van der Waals surface area contributed by atoms with Crippen molar-refractivity contribution in [3.8, 4) is 5.75 Å². The molecule has 0 fully saturated rings. The Morgan fingerprint density at radius 1 is 1.20 bits per heavy atom. The minimum Gasteiger partial charge on any atom is -0.496 e. The standard InChI is InChI=1S/C16H15NO3/c1-11-6-7-15(20-2)14(8-11)16(19)17-13-5-3-4-12(9-13)10-18/h3-10H,1-2H3,(H,17,19). The van der Waals surface area contributed by atoms with E-state index >= 15 is 0 Å². The first kappa shape index (κ1) is 13.8. The molecule has 0 spiro atoms. The number of ether oxygens (including phenoxy) is 1. The van der Waals surface area contributed by atoms with Gasteiger partial charge in [-0.25, -0.2) is 0 Å². The molecule has 1 N–H and O–H groups in total. The topological polar surface area (TPSA) is 55.4 Å². The highest BCUT2D eigenvalue weighted by Crippen LogP contribution is 2.21. The second-order valence-corrected chi connectivity index (χ2v) is 4.40. The van der Waals surface area contributed by atoms with Gasteiger partial charge in [0.05, 0.1) is 12.7 Å². The van der Waals surface area contributed by atoms with Gasteiger partial charge in [-0.2, -0.15) is 0 Å². The minimum absolute atomic E-state index is 0.270. The lowest BCUT2D eigenvalue weighted by Gasteiger charge is -2.10. The zero-order valence-electron chi connectivity index (χ0n) is 11.3. The van der Waals surface area contributed by atoms with Crippen LogP contribution in [0.1, 0.15) is 26.3 Å². The van der Waals surface area contributed by atoms with Gasteiger partial charge in [-0.15, -0.1) is 0 Å². The molecular formula is C16H15NO3. The molecule has 0 unspecified atom stereocenters. The lowest BCUT2D eigenvalue weighted by atomic mass is 10.1. The van der Waals surface area contributed by atoms with Gasteiger partial charge in [0.2, 0.25) is 0 Å². The van der Waals surface area contributed by atoms with Crippen molar-refractivity contribution in [1.82, 2.24) is 0 Å². The van der Waals surface area contributed by atoms with Gasteiger partial charge in [0.15, 0.2) is 0 Å². The van der Waals surface area contributed by atoms with Crippen LogP contribution in [-0.4, -0.2) is 19.3 Å². The molecule has 0 aromatic heterocycles. The Morgan fingerprint density at radius 2 is 2.00 bits per heavy atom. The molecule has 2 rings (SSSR count). The molecule has 4 heteroatoms. The molecule has 0 saturated carbocycles. The number of carbonyl (C=O) groups excluding carboxylic acids is 2. The number of carbonyl (C=O) groups is 2. The summed E-state index contributed by atoms with van der Waals surface area (Å²) in [5.74, 6) is 0.244. The van der Waals surface area contributed by atoms with E-state index in [2.05, 4.69) is 5.32 Å². The van der Waals surface area contributed by atoms with E-state index in [1.165, 1.54) is 7.11 Å². The molecule has 0 radical (unpaired) electrons. The van der Waals surface area contributed by atoms with Crippen molar-refractivity contribution < 1.29 is 14.3 Å². The Labute approximate surface area is 117 Å². The highest BCUT2D eigenvalue weighted by molar-refractivity contribution is 6.06. The zero-order chi connectivity index (χ0) is 14.5. The zero-order valence-corrected chi connectivity index (χ0v) is 11.3. The van der Waals surface area contributed by atoms with E-state index < -0.39 is 0 Å². The Balaban J connectivity index is 2.27. The Morgan fingerprint density at radius 3 is 2.70 bits per heavy atom. The molecule has 0 aliphatic rings. The molecule has 102 valence electrons. The lowest BCUT2D eigenvalue weighted by molar-refractivity contribution is 0.102. The number of amides is 1. The maximum absolute atomic E-state index is 12.3. The van der Waals surface area contributed by atoms with Gasteiger partial charge in [-0.3, -0.25) is 9.59 Å². The first-order chi connectivity index (χ1) is 9.63. The van der Waals surface area contributed by atoms with E-state index in [1.807, 2.05) is 13.0 Å². The largest absolute Gasteiger partial charge is 0.496 e. The van der Waals surface area contributed by atoms with Crippen molar-refractivity contribution in [3.63, 3.8) is 0 Å². The maximum Gasteiger partial charge on any atom is 0.259 e. The highest BCUT2D eigenvalue weighted by Gasteiger charge is 2.12.